The average molecular weight is 319 g/mol. The van der Waals surface area contributed by atoms with Crippen molar-refractivity contribution in [3.05, 3.63) is 17.8 Å². The van der Waals surface area contributed by atoms with E-state index in [-0.39, 0.29) is 6.10 Å². The first-order chi connectivity index (χ1) is 10.8. The first-order valence-electron chi connectivity index (χ1n) is 7.14. The molecule has 0 aromatic carbocycles. The van der Waals surface area contributed by atoms with Gasteiger partial charge in [0.15, 0.2) is 11.5 Å². The van der Waals surface area contributed by atoms with Crippen LogP contribution in [0.2, 0.25) is 0 Å². The molecule has 3 rings (SSSR count). The molecule has 0 radical (unpaired) electrons. The Hall–Kier alpha value is -1.82. The molecular weight excluding hydrogens is 302 g/mol. The number of nitrogens with one attached hydrogen (secondary N) is 1. The van der Waals surface area contributed by atoms with Gasteiger partial charge in [0.1, 0.15) is 23.3 Å². The Morgan fingerprint density at radius 2 is 2.50 bits per heavy atom. The molecule has 1 N–H and O–H groups in total. The lowest BCUT2D eigenvalue weighted by molar-refractivity contribution is -0.0297. The largest absolute Gasteiger partial charge is 0.376 e. The van der Waals surface area contributed by atoms with Crippen LogP contribution in [0.4, 0.5) is 5.82 Å². The molecule has 3 heterocycles. The summed E-state index contributed by atoms with van der Waals surface area (Å²) < 4.78 is 7.19. The van der Waals surface area contributed by atoms with Crippen molar-refractivity contribution in [2.24, 2.45) is 0 Å². The van der Waals surface area contributed by atoms with Crippen molar-refractivity contribution in [1.29, 1.82) is 5.26 Å². The minimum absolute atomic E-state index is 0.0988. The second-order valence-electron chi connectivity index (χ2n) is 4.96. The number of aromatic nitrogens is 3. The summed E-state index contributed by atoms with van der Waals surface area (Å²) in [6.45, 7) is 1.22. The minimum atomic E-state index is 0.0988. The van der Waals surface area contributed by atoms with Crippen molar-refractivity contribution in [2.45, 2.75) is 30.4 Å². The summed E-state index contributed by atoms with van der Waals surface area (Å²) >= 11 is 1.42. The van der Waals surface area contributed by atoms with E-state index in [4.69, 9.17) is 9.57 Å². The molecule has 8 heteroatoms. The third-order valence-corrected chi connectivity index (χ3v) is 4.20. The highest BCUT2D eigenvalue weighted by Gasteiger charge is 2.18. The van der Waals surface area contributed by atoms with E-state index in [1.165, 1.54) is 11.8 Å². The molecule has 1 atom stereocenters. The SMILES string of the molecule is CSc1nc2ccnn2c(NOCC2CCCCO2)c1C#N. The molecule has 2 aromatic heterocycles. The Balaban J connectivity index is 1.79. The van der Waals surface area contributed by atoms with Gasteiger partial charge in [0.05, 0.1) is 12.3 Å². The van der Waals surface area contributed by atoms with E-state index in [0.717, 1.165) is 25.9 Å². The summed E-state index contributed by atoms with van der Waals surface area (Å²) in [7, 11) is 0. The number of ether oxygens (including phenoxy) is 1. The van der Waals surface area contributed by atoms with Crippen molar-refractivity contribution in [1.82, 2.24) is 14.6 Å². The number of fused-ring (bicyclic) bond motifs is 1. The molecule has 7 nitrogen and oxygen atoms in total. The van der Waals surface area contributed by atoms with Gasteiger partial charge in [0, 0.05) is 12.7 Å². The van der Waals surface area contributed by atoms with Gasteiger partial charge in [-0.25, -0.2) is 10.5 Å². The Morgan fingerprint density at radius 1 is 1.59 bits per heavy atom. The summed E-state index contributed by atoms with van der Waals surface area (Å²) in [6.07, 6.45) is 6.89. The van der Waals surface area contributed by atoms with Crippen LogP contribution >= 0.6 is 11.8 Å². The zero-order valence-electron chi connectivity index (χ0n) is 12.3. The topological polar surface area (TPSA) is 84.5 Å². The van der Waals surface area contributed by atoms with E-state index >= 15 is 0 Å². The summed E-state index contributed by atoms with van der Waals surface area (Å²) in [5.74, 6) is 0.498. The fraction of sp³-hybridized carbons (Fsp3) is 0.500. The van der Waals surface area contributed by atoms with Crippen LogP contribution in [0.5, 0.6) is 0 Å². The number of hydrogen-bond acceptors (Lipinski definition) is 7. The molecule has 2 aromatic rings. The molecule has 0 aliphatic carbocycles. The van der Waals surface area contributed by atoms with Gasteiger partial charge in [-0.2, -0.15) is 14.9 Å². The molecule has 0 bridgehead atoms. The first-order valence-corrected chi connectivity index (χ1v) is 8.37. The zero-order valence-corrected chi connectivity index (χ0v) is 13.1. The number of rotatable bonds is 5. The molecule has 0 spiro atoms. The molecule has 22 heavy (non-hydrogen) atoms. The van der Waals surface area contributed by atoms with Gasteiger partial charge < -0.3 is 4.74 Å². The molecule has 0 saturated carbocycles. The number of nitriles is 1. The molecule has 1 saturated heterocycles. The second kappa shape index (κ2) is 6.96. The maximum absolute atomic E-state index is 9.41. The van der Waals surface area contributed by atoms with E-state index < -0.39 is 0 Å². The minimum Gasteiger partial charge on any atom is -0.376 e. The third kappa shape index (κ3) is 3.02. The van der Waals surface area contributed by atoms with E-state index in [1.54, 1.807) is 16.8 Å². The Kier molecular flexibility index (Phi) is 4.77. The van der Waals surface area contributed by atoms with Crippen LogP contribution in [-0.4, -0.2) is 40.2 Å². The van der Waals surface area contributed by atoms with Crippen LogP contribution in [0.3, 0.4) is 0 Å². The van der Waals surface area contributed by atoms with Crippen molar-refractivity contribution in [2.75, 3.05) is 24.9 Å². The van der Waals surface area contributed by atoms with Crippen LogP contribution in [0.15, 0.2) is 17.3 Å². The van der Waals surface area contributed by atoms with E-state index in [9.17, 15) is 5.26 Å². The third-order valence-electron chi connectivity index (χ3n) is 3.52. The van der Waals surface area contributed by atoms with Gasteiger partial charge in [-0.15, -0.1) is 11.8 Å². The van der Waals surface area contributed by atoms with E-state index in [0.29, 0.717) is 28.7 Å². The standard InChI is InChI=1S/C14H17N5O2S/c1-22-14-11(8-15)13(19-12(17-14)5-6-16-19)18-21-9-10-4-2-3-7-20-10/h5-6,10,18H,2-4,7,9H2,1H3. The Labute approximate surface area is 132 Å². The zero-order chi connectivity index (χ0) is 15.4. The summed E-state index contributed by atoms with van der Waals surface area (Å²) in [5.41, 5.74) is 3.95. The lowest BCUT2D eigenvalue weighted by atomic mass is 10.1. The average Bonchev–Trinajstić information content (AvgIpc) is 3.03. The Morgan fingerprint density at radius 3 is 3.23 bits per heavy atom. The molecule has 1 unspecified atom stereocenters. The summed E-state index contributed by atoms with van der Waals surface area (Å²) in [4.78, 5) is 9.96. The fourth-order valence-electron chi connectivity index (χ4n) is 2.41. The molecular formula is C14H17N5O2S. The maximum atomic E-state index is 9.41. The highest BCUT2D eigenvalue weighted by atomic mass is 32.2. The normalized spacial score (nSPS) is 18.3. The van der Waals surface area contributed by atoms with Gasteiger partial charge in [-0.1, -0.05) is 0 Å². The number of anilines is 1. The maximum Gasteiger partial charge on any atom is 0.174 e. The quantitative estimate of drug-likeness (QED) is 0.514. The van der Waals surface area contributed by atoms with Crippen LogP contribution in [0.1, 0.15) is 24.8 Å². The van der Waals surface area contributed by atoms with E-state index in [1.807, 2.05) is 6.26 Å². The van der Waals surface area contributed by atoms with E-state index in [2.05, 4.69) is 21.6 Å². The van der Waals surface area contributed by atoms with Crippen LogP contribution in [-0.2, 0) is 9.57 Å². The van der Waals surface area contributed by atoms with Crippen molar-refractivity contribution in [3.8, 4) is 6.07 Å². The smallest absolute Gasteiger partial charge is 0.174 e. The molecule has 116 valence electrons. The second-order valence-corrected chi connectivity index (χ2v) is 5.75. The van der Waals surface area contributed by atoms with Crippen LogP contribution in [0.25, 0.3) is 5.65 Å². The van der Waals surface area contributed by atoms with Crippen LogP contribution < -0.4 is 5.48 Å². The van der Waals surface area contributed by atoms with Gasteiger partial charge in [-0.3, -0.25) is 4.84 Å². The number of thioether (sulfide) groups is 1. The molecule has 1 aliphatic heterocycles. The summed E-state index contributed by atoms with van der Waals surface area (Å²) in [6, 6.07) is 3.96. The molecule has 0 amide bonds. The highest BCUT2D eigenvalue weighted by molar-refractivity contribution is 7.98. The summed E-state index contributed by atoms with van der Waals surface area (Å²) in [5, 5.41) is 14.2. The molecule has 1 aliphatic rings. The van der Waals surface area contributed by atoms with Crippen molar-refractivity contribution >= 4 is 23.2 Å². The lowest BCUT2D eigenvalue weighted by Crippen LogP contribution is -2.26. The number of hydrogen-bond donors (Lipinski definition) is 1. The lowest BCUT2D eigenvalue weighted by Gasteiger charge is -2.22. The Bertz CT molecular complexity index is 690. The predicted octanol–water partition coefficient (Wildman–Crippen LogP) is 2.24. The highest BCUT2D eigenvalue weighted by Crippen LogP contribution is 2.26. The fourth-order valence-corrected chi connectivity index (χ4v) is 2.94. The van der Waals surface area contributed by atoms with Gasteiger partial charge in [-0.05, 0) is 25.5 Å². The predicted molar refractivity (Wildman–Crippen MR) is 82.6 cm³/mol. The van der Waals surface area contributed by atoms with Crippen molar-refractivity contribution < 1.29 is 9.57 Å². The van der Waals surface area contributed by atoms with Gasteiger partial charge >= 0.3 is 0 Å². The van der Waals surface area contributed by atoms with Crippen LogP contribution in [0, 0.1) is 11.3 Å². The van der Waals surface area contributed by atoms with Gasteiger partial charge in [0.2, 0.25) is 0 Å². The first kappa shape index (κ1) is 15.1. The number of nitrogens with zero attached hydrogens (tertiary/aromatic N) is 4. The molecule has 1 fully saturated rings. The van der Waals surface area contributed by atoms with Crippen molar-refractivity contribution in [3.63, 3.8) is 0 Å². The van der Waals surface area contributed by atoms with Gasteiger partial charge in [0.25, 0.3) is 0 Å². The monoisotopic (exact) mass is 319 g/mol.